The number of benzene rings is 1. The molecule has 1 aliphatic heterocycles. The zero-order valence-electron chi connectivity index (χ0n) is 15.5. The summed E-state index contributed by atoms with van der Waals surface area (Å²) in [6.45, 7) is 11.7. The lowest BCUT2D eigenvalue weighted by atomic mass is 9.98. The highest BCUT2D eigenvalue weighted by molar-refractivity contribution is 6.07. The van der Waals surface area contributed by atoms with E-state index in [0.29, 0.717) is 18.4 Å². The average Bonchev–Trinajstić information content (AvgIpc) is 2.55. The molecule has 0 aliphatic carbocycles. The summed E-state index contributed by atoms with van der Waals surface area (Å²) < 4.78 is 0. The van der Waals surface area contributed by atoms with Crippen LogP contribution in [0.1, 0.15) is 44.7 Å². The molecule has 0 aromatic heterocycles. The van der Waals surface area contributed by atoms with E-state index in [1.165, 1.54) is 0 Å². The van der Waals surface area contributed by atoms with Gasteiger partial charge in [-0.1, -0.05) is 31.2 Å². The summed E-state index contributed by atoms with van der Waals surface area (Å²) in [6.07, 6.45) is 5.53. The van der Waals surface area contributed by atoms with Gasteiger partial charge < -0.3 is 10.6 Å². The van der Waals surface area contributed by atoms with Crippen molar-refractivity contribution in [1.29, 1.82) is 0 Å². The predicted molar refractivity (Wildman–Crippen MR) is 104 cm³/mol. The molecule has 2 rings (SSSR count). The van der Waals surface area contributed by atoms with Crippen LogP contribution < -0.4 is 10.6 Å². The van der Waals surface area contributed by atoms with E-state index in [1.807, 2.05) is 45.9 Å². The van der Waals surface area contributed by atoms with Gasteiger partial charge in [0.2, 0.25) is 5.91 Å². The first-order valence-electron chi connectivity index (χ1n) is 8.60. The molecule has 0 saturated carbocycles. The highest BCUT2D eigenvalue weighted by atomic mass is 16.2. The standard InChI is InChI=1S/C21H26N2O2/c1-6-15(7-2)18(10-13(3)4)21(25)22-17-11-14(5)20-16(12-17)8-9-19(24)23-20/h6,10-12H,1,7-9H2,2-5H3,(H,22,25)(H,23,24)/b18-15-. The second-order valence-electron chi connectivity index (χ2n) is 6.55. The largest absolute Gasteiger partial charge is 0.326 e. The van der Waals surface area contributed by atoms with E-state index < -0.39 is 0 Å². The van der Waals surface area contributed by atoms with Crippen LogP contribution in [0.15, 0.2) is 47.6 Å². The smallest absolute Gasteiger partial charge is 0.255 e. The third kappa shape index (κ3) is 4.47. The number of rotatable bonds is 5. The molecule has 0 saturated heterocycles. The van der Waals surface area contributed by atoms with Crippen molar-refractivity contribution in [1.82, 2.24) is 0 Å². The van der Waals surface area contributed by atoms with Crippen molar-refractivity contribution < 1.29 is 9.59 Å². The maximum absolute atomic E-state index is 12.8. The molecule has 1 aliphatic rings. The lowest BCUT2D eigenvalue weighted by Crippen LogP contribution is -2.21. The Morgan fingerprint density at radius 3 is 2.64 bits per heavy atom. The van der Waals surface area contributed by atoms with Crippen LogP contribution in [0, 0.1) is 6.92 Å². The van der Waals surface area contributed by atoms with E-state index in [9.17, 15) is 9.59 Å². The molecule has 0 spiro atoms. The SMILES string of the molecule is C=C/C(CC)=C(\C=C(C)C)C(=O)Nc1cc(C)c2c(c1)CCC(=O)N2. The van der Waals surface area contributed by atoms with Gasteiger partial charge in [-0.05, 0) is 62.4 Å². The fraction of sp³-hybridized carbons (Fsp3) is 0.333. The summed E-state index contributed by atoms with van der Waals surface area (Å²) in [5.74, 6) is -0.100. The Balaban J connectivity index is 2.35. The monoisotopic (exact) mass is 338 g/mol. The van der Waals surface area contributed by atoms with Crippen molar-refractivity contribution in [2.45, 2.75) is 47.0 Å². The van der Waals surface area contributed by atoms with Crippen molar-refractivity contribution in [2.75, 3.05) is 10.6 Å². The number of allylic oxidation sites excluding steroid dienone is 3. The minimum absolute atomic E-state index is 0.0414. The van der Waals surface area contributed by atoms with Crippen LogP contribution in [0.5, 0.6) is 0 Å². The molecule has 0 atom stereocenters. The molecule has 0 radical (unpaired) electrons. The first-order chi connectivity index (χ1) is 11.8. The van der Waals surface area contributed by atoms with Gasteiger partial charge in [0.1, 0.15) is 0 Å². The van der Waals surface area contributed by atoms with Crippen LogP contribution in [0.4, 0.5) is 11.4 Å². The van der Waals surface area contributed by atoms with Gasteiger partial charge in [0.05, 0.1) is 0 Å². The minimum Gasteiger partial charge on any atom is -0.326 e. The fourth-order valence-electron chi connectivity index (χ4n) is 2.99. The summed E-state index contributed by atoms with van der Waals surface area (Å²) in [5.41, 5.74) is 6.24. The minimum atomic E-state index is -0.142. The highest BCUT2D eigenvalue weighted by Gasteiger charge is 2.18. The molecule has 1 heterocycles. The van der Waals surface area contributed by atoms with E-state index >= 15 is 0 Å². The summed E-state index contributed by atoms with van der Waals surface area (Å²) in [6, 6.07) is 3.83. The Morgan fingerprint density at radius 2 is 2.04 bits per heavy atom. The molecule has 4 nitrogen and oxygen atoms in total. The second-order valence-corrected chi connectivity index (χ2v) is 6.55. The summed E-state index contributed by atoms with van der Waals surface area (Å²) in [4.78, 5) is 24.4. The van der Waals surface area contributed by atoms with Crippen molar-refractivity contribution in [3.63, 3.8) is 0 Å². The van der Waals surface area contributed by atoms with Gasteiger partial charge in [0, 0.05) is 23.4 Å². The predicted octanol–water partition coefficient (Wildman–Crippen LogP) is 4.68. The zero-order chi connectivity index (χ0) is 18.6. The van der Waals surface area contributed by atoms with Gasteiger partial charge in [0.25, 0.3) is 5.91 Å². The highest BCUT2D eigenvalue weighted by Crippen LogP contribution is 2.30. The number of hydrogen-bond acceptors (Lipinski definition) is 2. The molecule has 0 unspecified atom stereocenters. The molecule has 0 fully saturated rings. The number of carbonyl (C=O) groups is 2. The Bertz CT molecular complexity index is 781. The lowest BCUT2D eigenvalue weighted by Gasteiger charge is -2.20. The molecule has 1 aromatic rings. The molecule has 132 valence electrons. The molecular formula is C21H26N2O2. The number of nitrogens with one attached hydrogen (secondary N) is 2. The number of amides is 2. The van der Waals surface area contributed by atoms with E-state index in [-0.39, 0.29) is 11.8 Å². The van der Waals surface area contributed by atoms with Crippen LogP contribution >= 0.6 is 0 Å². The van der Waals surface area contributed by atoms with E-state index in [4.69, 9.17) is 0 Å². The van der Waals surface area contributed by atoms with Crippen LogP contribution in [-0.4, -0.2) is 11.8 Å². The first kappa shape index (κ1) is 18.7. The zero-order valence-corrected chi connectivity index (χ0v) is 15.5. The van der Waals surface area contributed by atoms with Crippen LogP contribution in [0.3, 0.4) is 0 Å². The van der Waals surface area contributed by atoms with E-state index in [0.717, 1.165) is 40.1 Å². The third-order valence-corrected chi connectivity index (χ3v) is 4.21. The van der Waals surface area contributed by atoms with Crippen molar-refractivity contribution in [2.24, 2.45) is 0 Å². The number of aryl methyl sites for hydroxylation is 2. The maximum Gasteiger partial charge on any atom is 0.255 e. The van der Waals surface area contributed by atoms with Gasteiger partial charge in [-0.2, -0.15) is 0 Å². The van der Waals surface area contributed by atoms with Crippen molar-refractivity contribution in [3.05, 3.63) is 58.7 Å². The molecule has 4 heteroatoms. The number of carbonyl (C=O) groups excluding carboxylic acids is 2. The van der Waals surface area contributed by atoms with E-state index in [1.54, 1.807) is 6.08 Å². The quantitative estimate of drug-likeness (QED) is 0.605. The summed E-state index contributed by atoms with van der Waals surface area (Å²) in [5, 5.41) is 5.91. The summed E-state index contributed by atoms with van der Waals surface area (Å²) >= 11 is 0. The average molecular weight is 338 g/mol. The first-order valence-corrected chi connectivity index (χ1v) is 8.60. The Morgan fingerprint density at radius 1 is 1.32 bits per heavy atom. The van der Waals surface area contributed by atoms with Gasteiger partial charge in [-0.15, -0.1) is 0 Å². The summed E-state index contributed by atoms with van der Waals surface area (Å²) in [7, 11) is 0. The normalized spacial score (nSPS) is 14.0. The van der Waals surface area contributed by atoms with Crippen molar-refractivity contribution in [3.8, 4) is 0 Å². The fourth-order valence-corrected chi connectivity index (χ4v) is 2.99. The number of hydrogen-bond donors (Lipinski definition) is 2. The van der Waals surface area contributed by atoms with Gasteiger partial charge >= 0.3 is 0 Å². The van der Waals surface area contributed by atoms with Crippen LogP contribution in [0.2, 0.25) is 0 Å². The van der Waals surface area contributed by atoms with Crippen LogP contribution in [-0.2, 0) is 16.0 Å². The molecule has 2 N–H and O–H groups in total. The van der Waals surface area contributed by atoms with Gasteiger partial charge in [0.15, 0.2) is 0 Å². The third-order valence-electron chi connectivity index (χ3n) is 4.21. The second kappa shape index (κ2) is 7.97. The molecule has 0 bridgehead atoms. The molecule has 25 heavy (non-hydrogen) atoms. The van der Waals surface area contributed by atoms with Gasteiger partial charge in [-0.25, -0.2) is 0 Å². The van der Waals surface area contributed by atoms with Crippen molar-refractivity contribution >= 4 is 23.2 Å². The molecular weight excluding hydrogens is 312 g/mol. The Hall–Kier alpha value is -2.62. The van der Waals surface area contributed by atoms with Gasteiger partial charge in [-0.3, -0.25) is 9.59 Å². The number of anilines is 2. The Labute approximate surface area is 149 Å². The topological polar surface area (TPSA) is 58.2 Å². The van der Waals surface area contributed by atoms with E-state index in [2.05, 4.69) is 17.2 Å². The molecule has 2 amide bonds. The number of fused-ring (bicyclic) bond motifs is 1. The maximum atomic E-state index is 12.8. The van der Waals surface area contributed by atoms with Crippen LogP contribution in [0.25, 0.3) is 0 Å². The Kier molecular flexibility index (Phi) is 5.97. The lowest BCUT2D eigenvalue weighted by molar-refractivity contribution is -0.116. The molecule has 1 aromatic carbocycles.